The third-order valence-corrected chi connectivity index (χ3v) is 2.36. The summed E-state index contributed by atoms with van der Waals surface area (Å²) >= 11 is 0. The number of carbonyl (C=O) groups excluding carboxylic acids is 1. The molecule has 94 valence electrons. The summed E-state index contributed by atoms with van der Waals surface area (Å²) in [5, 5.41) is 0. The van der Waals surface area contributed by atoms with E-state index in [0.29, 0.717) is 0 Å². The number of ether oxygens (including phenoxy) is 1. The Hall–Kier alpha value is -0.780. The molecule has 1 rings (SSSR count). The van der Waals surface area contributed by atoms with Crippen LogP contribution in [0.3, 0.4) is 0 Å². The fraction of sp³-hybridized carbons (Fsp3) is 0.900. The lowest BCUT2D eigenvalue weighted by molar-refractivity contribution is -0.237. The van der Waals surface area contributed by atoms with Crippen molar-refractivity contribution in [3.8, 4) is 0 Å². The van der Waals surface area contributed by atoms with Gasteiger partial charge in [-0.1, -0.05) is 20.8 Å². The van der Waals surface area contributed by atoms with E-state index in [1.807, 2.05) is 0 Å². The largest absolute Gasteiger partial charge is 0.416 e. The highest BCUT2D eigenvalue weighted by Crippen LogP contribution is 2.27. The highest BCUT2D eigenvalue weighted by Gasteiger charge is 2.45. The molecule has 6 heteroatoms. The number of carbonyl (C=O) groups is 1. The molecule has 1 atom stereocenters. The van der Waals surface area contributed by atoms with Crippen LogP contribution in [0.25, 0.3) is 0 Å². The first kappa shape index (κ1) is 13.3. The van der Waals surface area contributed by atoms with Crippen molar-refractivity contribution in [1.82, 2.24) is 4.90 Å². The summed E-state index contributed by atoms with van der Waals surface area (Å²) in [5.74, 6) is -0.273. The number of hydrogen-bond donors (Lipinski definition) is 0. The van der Waals surface area contributed by atoms with E-state index in [2.05, 4.69) is 4.74 Å². The summed E-state index contributed by atoms with van der Waals surface area (Å²) in [4.78, 5) is 13.0. The third-order valence-electron chi connectivity index (χ3n) is 2.36. The SMILES string of the molecule is CC(C)(C)C(=O)N1CCO[C@@H](C(F)(F)F)C1. The van der Waals surface area contributed by atoms with Crippen molar-refractivity contribution in [1.29, 1.82) is 0 Å². The second-order valence-corrected chi connectivity index (χ2v) is 4.90. The Kier molecular flexibility index (Phi) is 3.52. The van der Waals surface area contributed by atoms with Crippen LogP contribution in [0.5, 0.6) is 0 Å². The quantitative estimate of drug-likeness (QED) is 0.645. The van der Waals surface area contributed by atoms with Gasteiger partial charge >= 0.3 is 6.18 Å². The van der Waals surface area contributed by atoms with Crippen molar-refractivity contribution in [3.63, 3.8) is 0 Å². The van der Waals surface area contributed by atoms with Crippen LogP contribution in [0.15, 0.2) is 0 Å². The molecular weight excluding hydrogens is 223 g/mol. The molecule has 0 aromatic carbocycles. The van der Waals surface area contributed by atoms with Gasteiger partial charge in [0.25, 0.3) is 0 Å². The Morgan fingerprint density at radius 2 is 1.88 bits per heavy atom. The van der Waals surface area contributed by atoms with E-state index in [1.54, 1.807) is 20.8 Å². The molecule has 3 nitrogen and oxygen atoms in total. The molecule has 0 unspecified atom stereocenters. The average molecular weight is 239 g/mol. The van der Waals surface area contributed by atoms with E-state index in [-0.39, 0.29) is 19.1 Å². The number of alkyl halides is 3. The molecule has 0 spiro atoms. The molecule has 1 fully saturated rings. The first-order valence-electron chi connectivity index (χ1n) is 5.10. The Labute approximate surface area is 92.5 Å². The molecule has 0 aliphatic carbocycles. The van der Waals surface area contributed by atoms with E-state index in [0.717, 1.165) is 0 Å². The molecule has 1 aliphatic rings. The Balaban J connectivity index is 2.68. The Morgan fingerprint density at radius 1 is 1.31 bits per heavy atom. The van der Waals surface area contributed by atoms with E-state index in [1.165, 1.54) is 4.90 Å². The van der Waals surface area contributed by atoms with E-state index < -0.39 is 24.2 Å². The highest BCUT2D eigenvalue weighted by atomic mass is 19.4. The lowest BCUT2D eigenvalue weighted by atomic mass is 9.94. The molecule has 1 amide bonds. The minimum Gasteiger partial charge on any atom is -0.365 e. The molecule has 16 heavy (non-hydrogen) atoms. The maximum absolute atomic E-state index is 12.4. The molecule has 1 aliphatic heterocycles. The number of amides is 1. The van der Waals surface area contributed by atoms with Gasteiger partial charge in [0.2, 0.25) is 5.91 Å². The van der Waals surface area contributed by atoms with Gasteiger partial charge in [0.1, 0.15) is 0 Å². The molecule has 0 aromatic heterocycles. The van der Waals surface area contributed by atoms with Gasteiger partial charge < -0.3 is 9.64 Å². The van der Waals surface area contributed by atoms with Crippen molar-refractivity contribution in [2.24, 2.45) is 5.41 Å². The van der Waals surface area contributed by atoms with Crippen LogP contribution in [0, 0.1) is 5.41 Å². The van der Waals surface area contributed by atoms with Crippen LogP contribution in [0.2, 0.25) is 0 Å². The maximum Gasteiger partial charge on any atom is 0.416 e. The molecule has 0 N–H and O–H groups in total. The molecule has 0 aromatic rings. The highest BCUT2D eigenvalue weighted by molar-refractivity contribution is 5.81. The summed E-state index contributed by atoms with van der Waals surface area (Å²) < 4.78 is 41.9. The van der Waals surface area contributed by atoms with Crippen molar-refractivity contribution < 1.29 is 22.7 Å². The van der Waals surface area contributed by atoms with Crippen molar-refractivity contribution in [3.05, 3.63) is 0 Å². The summed E-state index contributed by atoms with van der Waals surface area (Å²) in [6, 6.07) is 0. The zero-order valence-corrected chi connectivity index (χ0v) is 9.60. The number of hydrogen-bond acceptors (Lipinski definition) is 2. The topological polar surface area (TPSA) is 29.5 Å². The minimum atomic E-state index is -4.41. The van der Waals surface area contributed by atoms with Gasteiger partial charge in [0.15, 0.2) is 6.10 Å². The Bertz CT molecular complexity index is 270. The predicted octanol–water partition coefficient (Wildman–Crippen LogP) is 1.82. The van der Waals surface area contributed by atoms with Crippen LogP contribution in [-0.2, 0) is 9.53 Å². The zero-order valence-electron chi connectivity index (χ0n) is 9.60. The standard InChI is InChI=1S/C10H16F3NO2/c1-9(2,3)8(15)14-4-5-16-7(6-14)10(11,12)13/h7H,4-6H2,1-3H3/t7-/m1/s1. The molecular formula is C10H16F3NO2. The van der Waals surface area contributed by atoms with E-state index in [4.69, 9.17) is 0 Å². The monoisotopic (exact) mass is 239 g/mol. The van der Waals surface area contributed by atoms with Crippen molar-refractivity contribution in [2.75, 3.05) is 19.7 Å². The lowest BCUT2D eigenvalue weighted by Gasteiger charge is -2.36. The van der Waals surface area contributed by atoms with Gasteiger partial charge in [0.05, 0.1) is 13.2 Å². The second kappa shape index (κ2) is 4.24. The fourth-order valence-corrected chi connectivity index (χ4v) is 1.51. The van der Waals surface area contributed by atoms with Gasteiger partial charge in [-0.3, -0.25) is 4.79 Å². The van der Waals surface area contributed by atoms with Crippen LogP contribution in [-0.4, -0.2) is 42.8 Å². The van der Waals surface area contributed by atoms with Gasteiger partial charge in [0, 0.05) is 12.0 Å². The lowest BCUT2D eigenvalue weighted by Crippen LogP contribution is -2.53. The minimum absolute atomic E-state index is 0.0635. The van der Waals surface area contributed by atoms with Gasteiger partial charge in [-0.25, -0.2) is 0 Å². The molecule has 0 saturated carbocycles. The smallest absolute Gasteiger partial charge is 0.365 e. The Morgan fingerprint density at radius 3 is 2.31 bits per heavy atom. The normalized spacial score (nSPS) is 23.4. The van der Waals surface area contributed by atoms with Crippen LogP contribution in [0.4, 0.5) is 13.2 Å². The van der Waals surface area contributed by atoms with Crippen LogP contribution >= 0.6 is 0 Å². The number of rotatable bonds is 0. The number of halogens is 3. The van der Waals surface area contributed by atoms with Gasteiger partial charge in [-0.15, -0.1) is 0 Å². The average Bonchev–Trinajstić information content (AvgIpc) is 2.14. The molecule has 1 saturated heterocycles. The zero-order chi connectivity index (χ0) is 12.6. The molecule has 0 radical (unpaired) electrons. The molecule has 1 heterocycles. The molecule has 0 bridgehead atoms. The first-order chi connectivity index (χ1) is 7.12. The summed E-state index contributed by atoms with van der Waals surface area (Å²) in [6.07, 6.45) is -6.26. The third kappa shape index (κ3) is 3.10. The fourth-order valence-electron chi connectivity index (χ4n) is 1.51. The van der Waals surface area contributed by atoms with Gasteiger partial charge in [-0.2, -0.15) is 13.2 Å². The predicted molar refractivity (Wildman–Crippen MR) is 51.8 cm³/mol. The van der Waals surface area contributed by atoms with Crippen molar-refractivity contribution >= 4 is 5.91 Å². The van der Waals surface area contributed by atoms with E-state index in [9.17, 15) is 18.0 Å². The van der Waals surface area contributed by atoms with Gasteiger partial charge in [-0.05, 0) is 0 Å². The number of morpholine rings is 1. The summed E-state index contributed by atoms with van der Waals surface area (Å²) in [5.41, 5.74) is -0.659. The first-order valence-corrected chi connectivity index (χ1v) is 5.10. The summed E-state index contributed by atoms with van der Waals surface area (Å²) in [7, 11) is 0. The van der Waals surface area contributed by atoms with Crippen LogP contribution < -0.4 is 0 Å². The maximum atomic E-state index is 12.4. The second-order valence-electron chi connectivity index (χ2n) is 4.90. The van der Waals surface area contributed by atoms with Crippen molar-refractivity contribution in [2.45, 2.75) is 33.1 Å². The number of nitrogens with zero attached hydrogens (tertiary/aromatic N) is 1. The summed E-state index contributed by atoms with van der Waals surface area (Å²) in [6.45, 7) is 4.82. The van der Waals surface area contributed by atoms with E-state index >= 15 is 0 Å². The van der Waals surface area contributed by atoms with Crippen LogP contribution in [0.1, 0.15) is 20.8 Å².